The summed E-state index contributed by atoms with van der Waals surface area (Å²) in [5.41, 5.74) is 1.73. The van der Waals surface area contributed by atoms with Crippen LogP contribution in [0.4, 0.5) is 0 Å². The summed E-state index contributed by atoms with van der Waals surface area (Å²) in [6, 6.07) is 17.1. The van der Waals surface area contributed by atoms with Gasteiger partial charge in [-0.15, -0.1) is 0 Å². The predicted molar refractivity (Wildman–Crippen MR) is 110 cm³/mol. The molecule has 1 heterocycles. The molecular weight excluding hydrogens is 372 g/mol. The minimum Gasteiger partial charge on any atom is -0.352 e. The molecule has 4 nitrogen and oxygen atoms in total. The number of benzene rings is 2. The SMILES string of the molecule is O=C(c1ccc(Cl)cc1)C1CCN(C(C(=O)NC2CC2)c2ccccc2)CC1. The summed E-state index contributed by atoms with van der Waals surface area (Å²) in [6.45, 7) is 1.48. The van der Waals surface area contributed by atoms with E-state index in [1.54, 1.807) is 24.3 Å². The molecule has 1 saturated carbocycles. The van der Waals surface area contributed by atoms with Gasteiger partial charge in [0.1, 0.15) is 6.04 Å². The monoisotopic (exact) mass is 396 g/mol. The van der Waals surface area contributed by atoms with Crippen LogP contribution in [0.1, 0.15) is 47.6 Å². The van der Waals surface area contributed by atoms with Gasteiger partial charge in [-0.3, -0.25) is 14.5 Å². The molecule has 1 saturated heterocycles. The van der Waals surface area contributed by atoms with Crippen LogP contribution in [0.5, 0.6) is 0 Å². The highest BCUT2D eigenvalue weighted by Gasteiger charge is 2.35. The number of hydrogen-bond acceptors (Lipinski definition) is 3. The molecule has 1 aliphatic heterocycles. The van der Waals surface area contributed by atoms with E-state index in [4.69, 9.17) is 11.6 Å². The molecule has 1 atom stereocenters. The number of likely N-dealkylation sites (tertiary alicyclic amines) is 1. The fraction of sp³-hybridized carbons (Fsp3) is 0.391. The molecular formula is C23H25ClN2O2. The van der Waals surface area contributed by atoms with Gasteiger partial charge >= 0.3 is 0 Å². The average Bonchev–Trinajstić information content (AvgIpc) is 3.53. The van der Waals surface area contributed by atoms with Gasteiger partial charge in [0.15, 0.2) is 5.78 Å². The van der Waals surface area contributed by atoms with Gasteiger partial charge in [-0.2, -0.15) is 0 Å². The van der Waals surface area contributed by atoms with Crippen LogP contribution in [0.15, 0.2) is 54.6 Å². The zero-order chi connectivity index (χ0) is 19.5. The van der Waals surface area contributed by atoms with Crippen molar-refractivity contribution in [3.63, 3.8) is 0 Å². The number of carbonyl (C=O) groups is 2. The van der Waals surface area contributed by atoms with Crippen molar-refractivity contribution in [1.29, 1.82) is 0 Å². The Labute approximate surface area is 170 Å². The van der Waals surface area contributed by atoms with E-state index in [-0.39, 0.29) is 23.7 Å². The fourth-order valence-corrected chi connectivity index (χ4v) is 4.07. The van der Waals surface area contributed by atoms with E-state index in [0.717, 1.165) is 44.3 Å². The number of ketones is 1. The maximum Gasteiger partial charge on any atom is 0.242 e. The van der Waals surface area contributed by atoms with Gasteiger partial charge < -0.3 is 5.32 Å². The van der Waals surface area contributed by atoms with E-state index in [0.29, 0.717) is 16.6 Å². The van der Waals surface area contributed by atoms with Gasteiger partial charge in [0, 0.05) is 22.5 Å². The molecule has 2 aromatic carbocycles. The Morgan fingerprint density at radius 1 is 0.929 bits per heavy atom. The number of carbonyl (C=O) groups excluding carboxylic acids is 2. The van der Waals surface area contributed by atoms with Crippen LogP contribution in [-0.2, 0) is 4.79 Å². The molecule has 1 N–H and O–H groups in total. The average molecular weight is 397 g/mol. The van der Waals surface area contributed by atoms with Crippen LogP contribution in [0, 0.1) is 5.92 Å². The minimum atomic E-state index is -0.284. The quantitative estimate of drug-likeness (QED) is 0.742. The molecule has 4 rings (SSSR count). The summed E-state index contributed by atoms with van der Waals surface area (Å²) < 4.78 is 0. The van der Waals surface area contributed by atoms with E-state index >= 15 is 0 Å². The second-order valence-corrected chi connectivity index (χ2v) is 8.21. The van der Waals surface area contributed by atoms with Crippen molar-refractivity contribution in [3.05, 3.63) is 70.7 Å². The lowest BCUT2D eigenvalue weighted by Gasteiger charge is -2.36. The van der Waals surface area contributed by atoms with Crippen molar-refractivity contribution in [2.24, 2.45) is 5.92 Å². The molecule has 1 amide bonds. The number of halogens is 1. The Morgan fingerprint density at radius 3 is 2.18 bits per heavy atom. The van der Waals surface area contributed by atoms with Crippen LogP contribution in [0.25, 0.3) is 0 Å². The molecule has 0 aromatic heterocycles. The largest absolute Gasteiger partial charge is 0.352 e. The first-order chi connectivity index (χ1) is 13.6. The molecule has 1 unspecified atom stereocenters. The number of piperidine rings is 1. The van der Waals surface area contributed by atoms with Crippen molar-refractivity contribution in [3.8, 4) is 0 Å². The number of nitrogens with zero attached hydrogens (tertiary/aromatic N) is 1. The van der Waals surface area contributed by atoms with Crippen molar-refractivity contribution in [1.82, 2.24) is 10.2 Å². The second-order valence-electron chi connectivity index (χ2n) is 7.78. The number of rotatable bonds is 6. The summed E-state index contributed by atoms with van der Waals surface area (Å²) in [7, 11) is 0. The number of hydrogen-bond donors (Lipinski definition) is 1. The normalized spacial score (nSPS) is 19.2. The van der Waals surface area contributed by atoms with Crippen LogP contribution >= 0.6 is 11.6 Å². The maximum absolute atomic E-state index is 12.9. The van der Waals surface area contributed by atoms with Gasteiger partial charge in [0.05, 0.1) is 0 Å². The van der Waals surface area contributed by atoms with Gasteiger partial charge in [-0.05, 0) is 68.6 Å². The van der Waals surface area contributed by atoms with Crippen molar-refractivity contribution >= 4 is 23.3 Å². The first kappa shape index (κ1) is 19.2. The van der Waals surface area contributed by atoms with Crippen LogP contribution in [0.2, 0.25) is 5.02 Å². The standard InChI is InChI=1S/C23H25ClN2O2/c24-19-8-6-17(7-9-19)22(27)18-12-14-26(15-13-18)21(16-4-2-1-3-5-16)23(28)25-20-10-11-20/h1-9,18,20-21H,10-15H2,(H,25,28). The lowest BCUT2D eigenvalue weighted by Crippen LogP contribution is -2.45. The summed E-state index contributed by atoms with van der Waals surface area (Å²) in [5.74, 6) is 0.256. The fourth-order valence-electron chi connectivity index (χ4n) is 3.94. The molecule has 0 spiro atoms. The van der Waals surface area contributed by atoms with Crippen LogP contribution in [0.3, 0.4) is 0 Å². The first-order valence-corrected chi connectivity index (χ1v) is 10.4. The summed E-state index contributed by atoms with van der Waals surface area (Å²) in [6.07, 6.45) is 3.68. The Hall–Kier alpha value is -2.17. The highest BCUT2D eigenvalue weighted by atomic mass is 35.5. The molecule has 2 aliphatic rings. The highest BCUT2D eigenvalue weighted by molar-refractivity contribution is 6.30. The van der Waals surface area contributed by atoms with E-state index in [2.05, 4.69) is 10.2 Å². The lowest BCUT2D eigenvalue weighted by molar-refractivity contribution is -0.127. The Balaban J connectivity index is 1.44. The number of Topliss-reactive ketones (excluding diaryl/α,β-unsaturated/α-hetero) is 1. The van der Waals surface area contributed by atoms with Gasteiger partial charge in [-0.25, -0.2) is 0 Å². The van der Waals surface area contributed by atoms with Gasteiger partial charge in [-0.1, -0.05) is 41.9 Å². The molecule has 0 radical (unpaired) electrons. The van der Waals surface area contributed by atoms with Crippen LogP contribution < -0.4 is 5.32 Å². The first-order valence-electron chi connectivity index (χ1n) is 10.0. The third kappa shape index (κ3) is 4.45. The highest BCUT2D eigenvalue weighted by Crippen LogP contribution is 2.30. The lowest BCUT2D eigenvalue weighted by atomic mass is 9.87. The molecule has 2 aromatic rings. The molecule has 28 heavy (non-hydrogen) atoms. The predicted octanol–water partition coefficient (Wildman–Crippen LogP) is 4.25. The smallest absolute Gasteiger partial charge is 0.242 e. The zero-order valence-electron chi connectivity index (χ0n) is 15.8. The zero-order valence-corrected chi connectivity index (χ0v) is 16.6. The Bertz CT molecular complexity index is 825. The minimum absolute atomic E-state index is 0.000317. The van der Waals surface area contributed by atoms with Crippen molar-refractivity contribution in [2.75, 3.05) is 13.1 Å². The molecule has 1 aliphatic carbocycles. The number of amides is 1. The second kappa shape index (κ2) is 8.46. The molecule has 146 valence electrons. The molecule has 0 bridgehead atoms. The Morgan fingerprint density at radius 2 is 1.57 bits per heavy atom. The van der Waals surface area contributed by atoms with Crippen molar-refractivity contribution in [2.45, 2.75) is 37.8 Å². The van der Waals surface area contributed by atoms with Crippen molar-refractivity contribution < 1.29 is 9.59 Å². The van der Waals surface area contributed by atoms with E-state index in [9.17, 15) is 9.59 Å². The summed E-state index contributed by atoms with van der Waals surface area (Å²) in [4.78, 5) is 28.0. The van der Waals surface area contributed by atoms with E-state index in [1.807, 2.05) is 30.3 Å². The summed E-state index contributed by atoms with van der Waals surface area (Å²) in [5, 5.41) is 3.79. The molecule has 2 fully saturated rings. The summed E-state index contributed by atoms with van der Waals surface area (Å²) >= 11 is 5.93. The van der Waals surface area contributed by atoms with E-state index in [1.165, 1.54) is 0 Å². The molecule has 5 heteroatoms. The Kier molecular flexibility index (Phi) is 5.79. The third-order valence-electron chi connectivity index (χ3n) is 5.68. The third-order valence-corrected chi connectivity index (χ3v) is 5.93. The van der Waals surface area contributed by atoms with Gasteiger partial charge in [0.25, 0.3) is 0 Å². The van der Waals surface area contributed by atoms with Crippen LogP contribution in [-0.4, -0.2) is 35.7 Å². The topological polar surface area (TPSA) is 49.4 Å². The maximum atomic E-state index is 12.9. The number of nitrogens with one attached hydrogen (secondary N) is 1. The van der Waals surface area contributed by atoms with Gasteiger partial charge in [0.2, 0.25) is 5.91 Å². The van der Waals surface area contributed by atoms with E-state index < -0.39 is 0 Å².